The van der Waals surface area contributed by atoms with Gasteiger partial charge in [0.2, 0.25) is 6.10 Å². The van der Waals surface area contributed by atoms with Gasteiger partial charge in [0.25, 0.3) is 0 Å². The summed E-state index contributed by atoms with van der Waals surface area (Å²) in [5, 5.41) is 0. The summed E-state index contributed by atoms with van der Waals surface area (Å²) >= 11 is 0. The Balaban J connectivity index is 1.63. The minimum Gasteiger partial charge on any atom is -0.478 e. The number of halogens is 3. The molecule has 0 saturated carbocycles. The molecule has 1 aromatic heterocycles. The van der Waals surface area contributed by atoms with E-state index in [4.69, 9.17) is 9.47 Å². The zero-order valence-corrected chi connectivity index (χ0v) is 12.8. The molecule has 2 heterocycles. The predicted octanol–water partition coefficient (Wildman–Crippen LogP) is 3.05. The van der Waals surface area contributed by atoms with E-state index in [0.717, 1.165) is 10.1 Å². The minimum atomic E-state index is -4.37. The summed E-state index contributed by atoms with van der Waals surface area (Å²) in [5.41, 5.74) is 0.901. The summed E-state index contributed by atoms with van der Waals surface area (Å²) in [4.78, 5) is 16.0. The fraction of sp³-hybridized carbons (Fsp3) is 0.375. The molecule has 2 unspecified atom stereocenters. The predicted molar refractivity (Wildman–Crippen MR) is 77.4 cm³/mol. The molecule has 0 radical (unpaired) electrons. The average molecular weight is 340 g/mol. The van der Waals surface area contributed by atoms with Crippen LogP contribution >= 0.6 is 0 Å². The number of nitrogens with zero attached hydrogens (tertiary/aromatic N) is 2. The Bertz CT molecular complexity index is 742. The van der Waals surface area contributed by atoms with Crippen molar-refractivity contribution in [3.8, 4) is 5.75 Å². The molecule has 8 heteroatoms. The van der Waals surface area contributed by atoms with Gasteiger partial charge in [0, 0.05) is 23.9 Å². The summed E-state index contributed by atoms with van der Waals surface area (Å²) in [5.74, 6) is -0.168. The molecule has 0 amide bonds. The van der Waals surface area contributed by atoms with Gasteiger partial charge in [0.05, 0.1) is 0 Å². The molecule has 1 aliphatic heterocycles. The maximum absolute atomic E-state index is 12.5. The van der Waals surface area contributed by atoms with Gasteiger partial charge in [0.1, 0.15) is 24.7 Å². The number of esters is 1. The van der Waals surface area contributed by atoms with Crippen molar-refractivity contribution in [2.75, 3.05) is 0 Å². The number of imidazole rings is 1. The fourth-order valence-corrected chi connectivity index (χ4v) is 2.65. The van der Waals surface area contributed by atoms with Gasteiger partial charge in [-0.3, -0.25) is 0 Å². The summed E-state index contributed by atoms with van der Waals surface area (Å²) in [6, 6.07) is 7.27. The molecule has 1 aliphatic rings. The molecule has 1 aromatic carbocycles. The Labute approximate surface area is 136 Å². The van der Waals surface area contributed by atoms with Crippen LogP contribution in [-0.2, 0) is 22.7 Å². The number of carbonyl (C=O) groups excluding carboxylic acids is 1. The van der Waals surface area contributed by atoms with Gasteiger partial charge in [0.15, 0.2) is 0 Å². The van der Waals surface area contributed by atoms with E-state index in [2.05, 4.69) is 4.98 Å². The first-order valence-electron chi connectivity index (χ1n) is 7.34. The smallest absolute Gasteiger partial charge is 0.406 e. The van der Waals surface area contributed by atoms with Gasteiger partial charge in [-0.1, -0.05) is 25.1 Å². The van der Waals surface area contributed by atoms with E-state index >= 15 is 0 Å². The Morgan fingerprint density at radius 1 is 1.38 bits per heavy atom. The maximum atomic E-state index is 12.5. The standard InChI is InChI=1S/C16H15F3N2O3/c1-10-11-4-2-3-5-12(11)24-14(10)15(22)23-8-13-20-6-7-21(13)9-16(17,18)19/h2-7,10,14H,8-9H2,1H3. The number of hydrogen-bond donors (Lipinski definition) is 0. The number of carbonyl (C=O) groups is 1. The van der Waals surface area contributed by atoms with Crippen LogP contribution in [0.15, 0.2) is 36.7 Å². The van der Waals surface area contributed by atoms with Crippen molar-refractivity contribution in [2.24, 2.45) is 0 Å². The SMILES string of the molecule is CC1c2ccccc2OC1C(=O)OCc1nccn1CC(F)(F)F. The second-order valence-electron chi connectivity index (χ2n) is 5.56. The van der Waals surface area contributed by atoms with Gasteiger partial charge in [-0.05, 0) is 6.07 Å². The van der Waals surface area contributed by atoms with Crippen LogP contribution in [0.3, 0.4) is 0 Å². The molecule has 5 nitrogen and oxygen atoms in total. The highest BCUT2D eigenvalue weighted by Gasteiger charge is 2.37. The number of benzene rings is 1. The van der Waals surface area contributed by atoms with E-state index in [1.54, 1.807) is 12.1 Å². The second-order valence-corrected chi connectivity index (χ2v) is 5.56. The number of ether oxygens (including phenoxy) is 2. The Morgan fingerprint density at radius 3 is 2.83 bits per heavy atom. The summed E-state index contributed by atoms with van der Waals surface area (Å²) < 4.78 is 49.0. The first kappa shape index (κ1) is 16.4. The maximum Gasteiger partial charge on any atom is 0.406 e. The monoisotopic (exact) mass is 340 g/mol. The molecule has 24 heavy (non-hydrogen) atoms. The Hall–Kier alpha value is -2.51. The van der Waals surface area contributed by atoms with Crippen molar-refractivity contribution in [3.05, 3.63) is 48.0 Å². The van der Waals surface area contributed by atoms with Crippen LogP contribution in [0.2, 0.25) is 0 Å². The highest BCUT2D eigenvalue weighted by atomic mass is 19.4. The largest absolute Gasteiger partial charge is 0.478 e. The summed E-state index contributed by atoms with van der Waals surface area (Å²) in [6.07, 6.45) is -2.75. The van der Waals surface area contributed by atoms with Crippen LogP contribution in [0.5, 0.6) is 5.75 Å². The molecule has 3 rings (SSSR count). The van der Waals surface area contributed by atoms with E-state index in [9.17, 15) is 18.0 Å². The topological polar surface area (TPSA) is 53.4 Å². The molecule has 2 aromatic rings. The van der Waals surface area contributed by atoms with Crippen LogP contribution in [0.4, 0.5) is 13.2 Å². The molecule has 0 N–H and O–H groups in total. The molecule has 0 bridgehead atoms. The highest BCUT2D eigenvalue weighted by Crippen LogP contribution is 2.38. The molecule has 2 atom stereocenters. The number of fused-ring (bicyclic) bond motifs is 1. The molecule has 0 fully saturated rings. The van der Waals surface area contributed by atoms with E-state index in [0.29, 0.717) is 5.75 Å². The fourth-order valence-electron chi connectivity index (χ4n) is 2.65. The third kappa shape index (κ3) is 3.37. The number of aromatic nitrogens is 2. The van der Waals surface area contributed by atoms with Crippen LogP contribution in [0.25, 0.3) is 0 Å². The molecule has 0 aliphatic carbocycles. The lowest BCUT2D eigenvalue weighted by molar-refractivity contribution is -0.154. The normalized spacial score (nSPS) is 19.7. The Kier molecular flexibility index (Phi) is 4.21. The average Bonchev–Trinajstić information content (AvgIpc) is 3.08. The number of hydrogen-bond acceptors (Lipinski definition) is 4. The van der Waals surface area contributed by atoms with Crippen molar-refractivity contribution >= 4 is 5.97 Å². The van der Waals surface area contributed by atoms with Gasteiger partial charge >= 0.3 is 12.1 Å². The molecular formula is C16H15F3N2O3. The van der Waals surface area contributed by atoms with Crippen molar-refractivity contribution in [1.82, 2.24) is 9.55 Å². The number of rotatable bonds is 4. The zero-order chi connectivity index (χ0) is 17.3. The van der Waals surface area contributed by atoms with Crippen molar-refractivity contribution < 1.29 is 27.4 Å². The summed E-state index contributed by atoms with van der Waals surface area (Å²) in [7, 11) is 0. The lowest BCUT2D eigenvalue weighted by Gasteiger charge is -2.15. The van der Waals surface area contributed by atoms with Gasteiger partial charge in [-0.15, -0.1) is 0 Å². The second kappa shape index (κ2) is 6.18. The molecule has 0 saturated heterocycles. The van der Waals surface area contributed by atoms with Crippen molar-refractivity contribution in [2.45, 2.75) is 38.3 Å². The highest BCUT2D eigenvalue weighted by molar-refractivity contribution is 5.78. The minimum absolute atomic E-state index is 0.0313. The van der Waals surface area contributed by atoms with E-state index in [-0.39, 0.29) is 18.3 Å². The lowest BCUT2D eigenvalue weighted by Crippen LogP contribution is -2.30. The van der Waals surface area contributed by atoms with Gasteiger partial charge in [-0.25, -0.2) is 9.78 Å². The summed E-state index contributed by atoms with van der Waals surface area (Å²) in [6.45, 7) is 0.314. The van der Waals surface area contributed by atoms with Crippen LogP contribution in [0, 0.1) is 0 Å². The third-order valence-electron chi connectivity index (χ3n) is 3.84. The van der Waals surface area contributed by atoms with E-state index in [1.165, 1.54) is 12.4 Å². The van der Waals surface area contributed by atoms with Crippen molar-refractivity contribution in [1.29, 1.82) is 0 Å². The van der Waals surface area contributed by atoms with Crippen LogP contribution in [0.1, 0.15) is 24.2 Å². The van der Waals surface area contributed by atoms with Gasteiger partial charge < -0.3 is 14.0 Å². The first-order valence-corrected chi connectivity index (χ1v) is 7.34. The quantitative estimate of drug-likeness (QED) is 0.803. The van der Waals surface area contributed by atoms with Crippen LogP contribution < -0.4 is 4.74 Å². The molecular weight excluding hydrogens is 325 g/mol. The zero-order valence-electron chi connectivity index (χ0n) is 12.8. The molecule has 128 valence electrons. The molecule has 0 spiro atoms. The lowest BCUT2D eigenvalue weighted by atomic mass is 9.98. The number of para-hydroxylation sites is 1. The van der Waals surface area contributed by atoms with E-state index in [1.807, 2.05) is 19.1 Å². The third-order valence-corrected chi connectivity index (χ3v) is 3.84. The van der Waals surface area contributed by atoms with Crippen molar-refractivity contribution in [3.63, 3.8) is 0 Å². The Morgan fingerprint density at radius 2 is 2.12 bits per heavy atom. The first-order chi connectivity index (χ1) is 11.3. The van der Waals surface area contributed by atoms with Gasteiger partial charge in [-0.2, -0.15) is 13.2 Å². The van der Waals surface area contributed by atoms with E-state index < -0.39 is 24.8 Å². The number of alkyl halides is 3. The van der Waals surface area contributed by atoms with Crippen LogP contribution in [-0.4, -0.2) is 27.8 Å².